The van der Waals surface area contributed by atoms with Crippen LogP contribution in [-0.4, -0.2) is 53.5 Å². The molecule has 2 fully saturated rings. The van der Waals surface area contributed by atoms with Crippen molar-refractivity contribution in [1.82, 2.24) is 14.3 Å². The molecule has 6 nitrogen and oxygen atoms in total. The molecular weight excluding hydrogens is 355 g/mol. The fourth-order valence-corrected chi connectivity index (χ4v) is 4.89. The van der Waals surface area contributed by atoms with Gasteiger partial charge in [0.05, 0.1) is 6.04 Å². The van der Waals surface area contributed by atoms with Gasteiger partial charge in [0.2, 0.25) is 11.0 Å². The molecule has 1 aromatic carbocycles. The number of hydrogen-bond acceptors (Lipinski definition) is 6. The number of rotatable bonds is 4. The number of carbonyl (C=O) groups is 1. The van der Waals surface area contributed by atoms with Crippen molar-refractivity contribution in [2.75, 3.05) is 38.3 Å². The van der Waals surface area contributed by atoms with E-state index in [-0.39, 0.29) is 30.3 Å². The van der Waals surface area contributed by atoms with Crippen LogP contribution in [0.2, 0.25) is 0 Å². The van der Waals surface area contributed by atoms with Crippen molar-refractivity contribution in [2.45, 2.75) is 13.0 Å². The molecule has 8 heteroatoms. The Bertz CT molecular complexity index is 814. The molecule has 0 N–H and O–H groups in total. The number of halogens is 1. The van der Waals surface area contributed by atoms with E-state index in [4.69, 9.17) is 4.74 Å². The van der Waals surface area contributed by atoms with Gasteiger partial charge < -0.3 is 14.5 Å². The number of aryl methyl sites for hydroxylation is 1. The lowest BCUT2D eigenvalue weighted by molar-refractivity contribution is -0.136. The molecule has 0 aliphatic carbocycles. The average Bonchev–Trinajstić information content (AvgIpc) is 3.28. The second-order valence-electron chi connectivity index (χ2n) is 6.93. The van der Waals surface area contributed by atoms with Gasteiger partial charge in [0.25, 0.3) is 0 Å². The molecule has 3 atom stereocenters. The lowest BCUT2D eigenvalue weighted by Crippen LogP contribution is -2.37. The summed E-state index contributed by atoms with van der Waals surface area (Å²) in [5.41, 5.74) is 0.845. The minimum absolute atomic E-state index is 0.0462. The summed E-state index contributed by atoms with van der Waals surface area (Å²) in [6.07, 6.45) is 0. The van der Waals surface area contributed by atoms with E-state index in [2.05, 4.69) is 14.3 Å². The van der Waals surface area contributed by atoms with Crippen molar-refractivity contribution in [3.63, 3.8) is 0 Å². The maximum atomic E-state index is 13.8. The molecule has 3 heterocycles. The smallest absolute Gasteiger partial charge is 0.249 e. The van der Waals surface area contributed by atoms with Crippen molar-refractivity contribution < 1.29 is 13.9 Å². The molecule has 2 aliphatic rings. The van der Waals surface area contributed by atoms with Gasteiger partial charge in [-0.1, -0.05) is 12.1 Å². The van der Waals surface area contributed by atoms with E-state index >= 15 is 0 Å². The number of ether oxygens (including phenoxy) is 1. The van der Waals surface area contributed by atoms with Gasteiger partial charge in [0, 0.05) is 50.1 Å². The highest BCUT2D eigenvalue weighted by Gasteiger charge is 2.49. The van der Waals surface area contributed by atoms with E-state index in [0.717, 1.165) is 29.6 Å². The monoisotopic (exact) mass is 376 g/mol. The van der Waals surface area contributed by atoms with E-state index in [1.165, 1.54) is 30.8 Å². The van der Waals surface area contributed by atoms with Crippen molar-refractivity contribution in [2.24, 2.45) is 11.8 Å². The van der Waals surface area contributed by atoms with Gasteiger partial charge in [0.15, 0.2) is 0 Å². The van der Waals surface area contributed by atoms with Gasteiger partial charge >= 0.3 is 0 Å². The Morgan fingerprint density at radius 2 is 2.23 bits per heavy atom. The van der Waals surface area contributed by atoms with Crippen LogP contribution >= 0.6 is 11.5 Å². The predicted molar refractivity (Wildman–Crippen MR) is 96.6 cm³/mol. The molecule has 26 heavy (non-hydrogen) atoms. The minimum atomic E-state index is -0.278. The van der Waals surface area contributed by atoms with Crippen LogP contribution in [0.3, 0.4) is 0 Å². The highest BCUT2D eigenvalue weighted by Crippen LogP contribution is 2.46. The molecule has 0 bridgehead atoms. The molecule has 4 rings (SSSR count). The van der Waals surface area contributed by atoms with E-state index in [1.807, 2.05) is 17.9 Å². The van der Waals surface area contributed by atoms with Crippen LogP contribution in [0.5, 0.6) is 0 Å². The lowest BCUT2D eigenvalue weighted by Gasteiger charge is -2.29. The van der Waals surface area contributed by atoms with E-state index in [9.17, 15) is 9.18 Å². The number of benzene rings is 1. The van der Waals surface area contributed by atoms with Gasteiger partial charge in [-0.2, -0.15) is 4.37 Å². The third-order valence-corrected chi connectivity index (χ3v) is 6.10. The number of hydrogen-bond donors (Lipinski definition) is 0. The number of fused-ring (bicyclic) bond motifs is 1. The molecule has 2 saturated heterocycles. The number of carbonyl (C=O) groups excluding carboxylic acids is 1. The Labute approximate surface area is 155 Å². The summed E-state index contributed by atoms with van der Waals surface area (Å²) >= 11 is 1.40. The second kappa shape index (κ2) is 6.92. The van der Waals surface area contributed by atoms with Crippen molar-refractivity contribution in [3.05, 3.63) is 41.5 Å². The molecular formula is C18H21FN4O2S. The maximum absolute atomic E-state index is 13.8. The summed E-state index contributed by atoms with van der Waals surface area (Å²) in [5.74, 6) is 1.02. The molecule has 1 aromatic heterocycles. The Hall–Kier alpha value is -2.06. The Morgan fingerprint density at radius 3 is 2.92 bits per heavy atom. The molecule has 1 amide bonds. The van der Waals surface area contributed by atoms with Crippen LogP contribution < -0.4 is 4.90 Å². The van der Waals surface area contributed by atoms with Gasteiger partial charge in [-0.05, 0) is 24.6 Å². The number of nitrogens with zero attached hydrogens (tertiary/aromatic N) is 4. The quantitative estimate of drug-likeness (QED) is 0.819. The molecule has 2 aliphatic heterocycles. The summed E-state index contributed by atoms with van der Waals surface area (Å²) in [4.78, 5) is 21.2. The largest absolute Gasteiger partial charge is 0.375 e. The third kappa shape index (κ3) is 3.07. The van der Waals surface area contributed by atoms with Gasteiger partial charge in [-0.15, -0.1) is 0 Å². The molecule has 0 unspecified atom stereocenters. The molecule has 0 spiro atoms. The van der Waals surface area contributed by atoms with Crippen LogP contribution in [0, 0.1) is 24.6 Å². The molecule has 0 saturated carbocycles. The van der Waals surface area contributed by atoms with Crippen LogP contribution in [0.25, 0.3) is 0 Å². The number of amides is 1. The SMILES string of the molecule is COCC(=O)N1C[C@H]2CN(c3nc(C)ns3)C[C@H]2[C@@H]1c1cccc(F)c1. The second-order valence-corrected chi connectivity index (χ2v) is 7.66. The first kappa shape index (κ1) is 17.4. The summed E-state index contributed by atoms with van der Waals surface area (Å²) < 4.78 is 23.1. The van der Waals surface area contributed by atoms with Gasteiger partial charge in [-0.25, -0.2) is 9.37 Å². The first-order valence-electron chi connectivity index (χ1n) is 8.66. The Balaban J connectivity index is 1.63. The molecule has 138 valence electrons. The zero-order valence-corrected chi connectivity index (χ0v) is 15.6. The standard InChI is InChI=1S/C18H21FN4O2S/c1-11-20-18(26-21-11)22-7-13-8-23(16(24)10-25-2)17(15(13)9-22)12-4-3-5-14(19)6-12/h3-6,13,15,17H,7-10H2,1-2H3/t13-,15-,17+/m1/s1. The number of aromatic nitrogens is 2. The Kier molecular flexibility index (Phi) is 4.62. The number of anilines is 1. The number of methoxy groups -OCH3 is 1. The van der Waals surface area contributed by atoms with E-state index < -0.39 is 0 Å². The molecule has 0 radical (unpaired) electrons. The van der Waals surface area contributed by atoms with Gasteiger partial charge in [0.1, 0.15) is 18.2 Å². The van der Waals surface area contributed by atoms with Crippen molar-refractivity contribution in [3.8, 4) is 0 Å². The van der Waals surface area contributed by atoms with Crippen LogP contribution in [0.1, 0.15) is 17.4 Å². The third-order valence-electron chi connectivity index (χ3n) is 5.23. The fourth-order valence-electron chi connectivity index (χ4n) is 4.20. The summed E-state index contributed by atoms with van der Waals surface area (Å²) in [7, 11) is 1.52. The van der Waals surface area contributed by atoms with E-state index in [0.29, 0.717) is 12.5 Å². The zero-order chi connectivity index (χ0) is 18.3. The van der Waals surface area contributed by atoms with Gasteiger partial charge in [-0.3, -0.25) is 4.79 Å². The topological polar surface area (TPSA) is 58.6 Å². The summed E-state index contributed by atoms with van der Waals surface area (Å²) in [5, 5.41) is 0.921. The highest BCUT2D eigenvalue weighted by atomic mass is 32.1. The van der Waals surface area contributed by atoms with Crippen molar-refractivity contribution in [1.29, 1.82) is 0 Å². The first-order valence-corrected chi connectivity index (χ1v) is 9.43. The Morgan fingerprint density at radius 1 is 1.38 bits per heavy atom. The fraction of sp³-hybridized carbons (Fsp3) is 0.500. The maximum Gasteiger partial charge on any atom is 0.249 e. The normalized spacial score (nSPS) is 25.0. The summed E-state index contributed by atoms with van der Waals surface area (Å²) in [6, 6.07) is 6.44. The zero-order valence-electron chi connectivity index (χ0n) is 14.8. The van der Waals surface area contributed by atoms with Crippen molar-refractivity contribution >= 4 is 22.6 Å². The predicted octanol–water partition coefficient (Wildman–Crippen LogP) is 2.27. The van der Waals surface area contributed by atoms with Crippen LogP contribution in [0.4, 0.5) is 9.52 Å². The van der Waals surface area contributed by atoms with Crippen LogP contribution in [0.15, 0.2) is 24.3 Å². The van der Waals surface area contributed by atoms with E-state index in [1.54, 1.807) is 6.07 Å². The minimum Gasteiger partial charge on any atom is -0.375 e. The first-order chi connectivity index (χ1) is 12.6. The molecule has 2 aromatic rings. The highest BCUT2D eigenvalue weighted by molar-refractivity contribution is 7.09. The number of likely N-dealkylation sites (tertiary alicyclic amines) is 1. The van der Waals surface area contributed by atoms with Crippen LogP contribution in [-0.2, 0) is 9.53 Å². The summed E-state index contributed by atoms with van der Waals surface area (Å²) in [6.45, 7) is 4.21. The average molecular weight is 376 g/mol. The lowest BCUT2D eigenvalue weighted by atomic mass is 9.89.